The topological polar surface area (TPSA) is 37.3 Å². The maximum absolute atomic E-state index is 10.1. The van der Waals surface area contributed by atoms with E-state index in [4.69, 9.17) is 5.11 Å². The molecule has 1 rings (SSSR count). The molecular formula is C5H6O2. The fraction of sp³-hybridized carbons (Fsp3) is 0.400. The maximum atomic E-state index is 10.1. The monoisotopic (exact) mass is 98.0 g/mol. The molecule has 1 aromatic carbocycles. The van der Waals surface area contributed by atoms with Gasteiger partial charge in [-0.25, -0.2) is 0 Å². The molecule has 0 heterocycles. The Balaban J connectivity index is 2.36. The number of hydrogen-bond acceptors (Lipinski definition) is 2. The van der Waals surface area contributed by atoms with Gasteiger partial charge in [0.2, 0.25) is 0 Å². The average molecular weight is 98.1 g/mol. The lowest BCUT2D eigenvalue weighted by molar-refractivity contribution is 0.300. The maximum Gasteiger partial charge on any atom is 0.182 e. The first-order chi connectivity index (χ1) is 3.34. The first kappa shape index (κ1) is 4.53. The normalized spacial score (nSPS) is 10.4. The number of aliphatic hydroxyl groups is 1. The van der Waals surface area contributed by atoms with Crippen molar-refractivity contribution < 1.29 is 5.11 Å². The van der Waals surface area contributed by atoms with Crippen molar-refractivity contribution in [2.75, 3.05) is 6.61 Å². The second kappa shape index (κ2) is 1.46. The minimum atomic E-state index is 0.0948. The summed E-state index contributed by atoms with van der Waals surface area (Å²) in [5.41, 5.74) is 0.886. The Labute approximate surface area is 41.1 Å². The molecule has 0 bridgehead atoms. The van der Waals surface area contributed by atoms with Crippen molar-refractivity contribution in [1.82, 2.24) is 0 Å². The van der Waals surface area contributed by atoms with Gasteiger partial charge in [-0.3, -0.25) is 4.79 Å². The molecule has 0 amide bonds. The largest absolute Gasteiger partial charge is 0.396 e. The molecule has 0 saturated carbocycles. The highest BCUT2D eigenvalue weighted by Crippen LogP contribution is 1.93. The summed E-state index contributed by atoms with van der Waals surface area (Å²) in [7, 11) is 0. The minimum absolute atomic E-state index is 0.0948. The highest BCUT2D eigenvalue weighted by molar-refractivity contribution is 5.22. The van der Waals surface area contributed by atoms with Crippen LogP contribution in [0.4, 0.5) is 0 Å². The summed E-state index contributed by atoms with van der Waals surface area (Å²) in [5, 5.41) is 8.20. The van der Waals surface area contributed by atoms with E-state index in [1.54, 1.807) is 0 Å². The standard InChI is InChI=1S/C5H6O2/c6-2-1-4-3-5(4)7/h3,6H,1-2H2. The van der Waals surface area contributed by atoms with Crippen LogP contribution in [0, 0.1) is 0 Å². The van der Waals surface area contributed by atoms with E-state index >= 15 is 0 Å². The van der Waals surface area contributed by atoms with Crippen LogP contribution in [-0.2, 0) is 6.42 Å². The van der Waals surface area contributed by atoms with Gasteiger partial charge >= 0.3 is 0 Å². The van der Waals surface area contributed by atoms with Crippen molar-refractivity contribution in [3.8, 4) is 0 Å². The molecule has 7 heavy (non-hydrogen) atoms. The predicted molar refractivity (Wildman–Crippen MR) is 25.9 cm³/mol. The average Bonchev–Trinajstić information content (AvgIpc) is 2.22. The third-order valence-corrected chi connectivity index (χ3v) is 0.920. The van der Waals surface area contributed by atoms with Crippen molar-refractivity contribution >= 4 is 0 Å². The van der Waals surface area contributed by atoms with Crippen LogP contribution in [0.25, 0.3) is 0 Å². The molecule has 2 nitrogen and oxygen atoms in total. The second-order valence-electron chi connectivity index (χ2n) is 1.51. The SMILES string of the molecule is O=c1cc1CCO. The summed E-state index contributed by atoms with van der Waals surface area (Å²) < 4.78 is 0. The molecule has 0 aliphatic carbocycles. The molecule has 0 fully saturated rings. The Kier molecular flexibility index (Phi) is 0.947. The highest BCUT2D eigenvalue weighted by atomic mass is 16.3. The van der Waals surface area contributed by atoms with E-state index in [-0.39, 0.29) is 12.0 Å². The van der Waals surface area contributed by atoms with Crippen molar-refractivity contribution in [1.29, 1.82) is 0 Å². The molecule has 2 heteroatoms. The van der Waals surface area contributed by atoms with Crippen molar-refractivity contribution in [2.24, 2.45) is 0 Å². The molecule has 0 aliphatic heterocycles. The fourth-order valence-electron chi connectivity index (χ4n) is 0.438. The van der Waals surface area contributed by atoms with E-state index in [1.165, 1.54) is 6.07 Å². The van der Waals surface area contributed by atoms with E-state index in [1.807, 2.05) is 0 Å². The van der Waals surface area contributed by atoms with Gasteiger partial charge in [-0.1, -0.05) is 0 Å². The molecule has 38 valence electrons. The van der Waals surface area contributed by atoms with E-state index in [2.05, 4.69) is 0 Å². The molecule has 0 unspecified atom stereocenters. The quantitative estimate of drug-likeness (QED) is 0.539. The molecule has 0 spiro atoms. The van der Waals surface area contributed by atoms with E-state index in [0.717, 1.165) is 5.56 Å². The Morgan fingerprint density at radius 2 is 2.29 bits per heavy atom. The van der Waals surface area contributed by atoms with Gasteiger partial charge in [0.15, 0.2) is 5.43 Å². The van der Waals surface area contributed by atoms with Crippen LogP contribution >= 0.6 is 0 Å². The molecule has 0 radical (unpaired) electrons. The Hall–Kier alpha value is -0.630. The zero-order valence-electron chi connectivity index (χ0n) is 3.85. The molecule has 0 atom stereocenters. The summed E-state index contributed by atoms with van der Waals surface area (Å²) in [6.07, 6.45) is 0.541. The smallest absolute Gasteiger partial charge is 0.182 e. The third kappa shape index (κ3) is 0.871. The van der Waals surface area contributed by atoms with Crippen LogP contribution in [0.5, 0.6) is 0 Å². The first-order valence-corrected chi connectivity index (χ1v) is 2.20. The van der Waals surface area contributed by atoms with Gasteiger partial charge in [-0.2, -0.15) is 0 Å². The third-order valence-electron chi connectivity index (χ3n) is 0.920. The van der Waals surface area contributed by atoms with Crippen molar-refractivity contribution in [3.63, 3.8) is 0 Å². The van der Waals surface area contributed by atoms with Crippen LogP contribution in [0.1, 0.15) is 5.56 Å². The number of aliphatic hydroxyl groups excluding tert-OH is 1. The van der Waals surface area contributed by atoms with Crippen LogP contribution in [0.2, 0.25) is 0 Å². The van der Waals surface area contributed by atoms with Gasteiger partial charge in [0.05, 0.1) is 0 Å². The zero-order valence-corrected chi connectivity index (χ0v) is 3.85. The Bertz CT molecular complexity index is 160. The summed E-state index contributed by atoms with van der Waals surface area (Å²) in [6, 6.07) is 1.54. The minimum Gasteiger partial charge on any atom is -0.396 e. The van der Waals surface area contributed by atoms with Gasteiger partial charge in [0.25, 0.3) is 0 Å². The summed E-state index contributed by atoms with van der Waals surface area (Å²) in [5.74, 6) is 0. The van der Waals surface area contributed by atoms with E-state index in [0.29, 0.717) is 6.42 Å². The molecule has 1 N–H and O–H groups in total. The predicted octanol–water partition coefficient (Wildman–Crippen LogP) is -0.543. The summed E-state index contributed by atoms with van der Waals surface area (Å²) in [4.78, 5) is 10.1. The van der Waals surface area contributed by atoms with E-state index < -0.39 is 0 Å². The van der Waals surface area contributed by atoms with Gasteiger partial charge in [-0.15, -0.1) is 0 Å². The van der Waals surface area contributed by atoms with Crippen LogP contribution in [0.15, 0.2) is 10.9 Å². The Morgan fingerprint density at radius 3 is 2.43 bits per heavy atom. The highest BCUT2D eigenvalue weighted by Gasteiger charge is 2.04. The molecule has 0 saturated heterocycles. The lowest BCUT2D eigenvalue weighted by atomic mass is 10.4. The fourth-order valence-corrected chi connectivity index (χ4v) is 0.438. The van der Waals surface area contributed by atoms with Crippen LogP contribution in [0.3, 0.4) is 0 Å². The molecule has 0 aliphatic rings. The number of hydrogen-bond donors (Lipinski definition) is 1. The first-order valence-electron chi connectivity index (χ1n) is 2.20. The van der Waals surface area contributed by atoms with Gasteiger partial charge in [0.1, 0.15) is 0 Å². The second-order valence-corrected chi connectivity index (χ2v) is 1.51. The molecular weight excluding hydrogens is 92.1 g/mol. The lowest BCUT2D eigenvalue weighted by Gasteiger charge is -1.75. The van der Waals surface area contributed by atoms with Gasteiger partial charge < -0.3 is 5.11 Å². The summed E-state index contributed by atoms with van der Waals surface area (Å²) in [6.45, 7) is 0.0948. The van der Waals surface area contributed by atoms with Gasteiger partial charge in [0, 0.05) is 12.2 Å². The Morgan fingerprint density at radius 1 is 1.71 bits per heavy atom. The van der Waals surface area contributed by atoms with Crippen molar-refractivity contribution in [3.05, 3.63) is 21.9 Å². The molecule has 0 aromatic heterocycles. The summed E-state index contributed by atoms with van der Waals surface area (Å²) >= 11 is 0. The molecule has 1 aromatic rings. The zero-order chi connectivity index (χ0) is 5.28. The van der Waals surface area contributed by atoms with Crippen LogP contribution in [-0.4, -0.2) is 11.7 Å². The van der Waals surface area contributed by atoms with Gasteiger partial charge in [-0.05, 0) is 12.5 Å². The van der Waals surface area contributed by atoms with Crippen LogP contribution < -0.4 is 5.43 Å². The lowest BCUT2D eigenvalue weighted by Crippen LogP contribution is -1.87. The van der Waals surface area contributed by atoms with E-state index in [9.17, 15) is 4.79 Å². The van der Waals surface area contributed by atoms with Crippen molar-refractivity contribution in [2.45, 2.75) is 6.42 Å². The number of rotatable bonds is 2.